The Morgan fingerprint density at radius 2 is 1.77 bits per heavy atom. The zero-order valence-electron chi connectivity index (χ0n) is 8.14. The van der Waals surface area contributed by atoms with Gasteiger partial charge in [0.2, 0.25) is 0 Å². The van der Waals surface area contributed by atoms with Crippen LogP contribution in [0.4, 0.5) is 4.39 Å². The van der Waals surface area contributed by atoms with Crippen molar-refractivity contribution in [2.75, 3.05) is 26.2 Å². The van der Waals surface area contributed by atoms with Crippen LogP contribution >= 0.6 is 0 Å². The molecule has 2 aliphatic rings. The molecule has 1 saturated heterocycles. The lowest BCUT2D eigenvalue weighted by Crippen LogP contribution is -2.52. The number of alkyl halides is 1. The van der Waals surface area contributed by atoms with E-state index in [-0.39, 0.29) is 6.04 Å². The molecule has 2 rings (SSSR count). The molecule has 0 spiro atoms. The Hall–Kier alpha value is -0.150. The van der Waals surface area contributed by atoms with Crippen LogP contribution in [0.3, 0.4) is 0 Å². The second-order valence-electron chi connectivity index (χ2n) is 4.15. The molecule has 2 nitrogen and oxygen atoms in total. The van der Waals surface area contributed by atoms with Gasteiger partial charge < -0.3 is 5.32 Å². The molecule has 1 N–H and O–H groups in total. The Labute approximate surface area is 79.5 Å². The zero-order valence-corrected chi connectivity index (χ0v) is 8.14. The Bertz CT molecular complexity index is 157. The van der Waals surface area contributed by atoms with E-state index in [9.17, 15) is 4.39 Å². The largest absolute Gasteiger partial charge is 0.314 e. The third-order valence-electron chi connectivity index (χ3n) is 3.27. The number of nitrogens with one attached hydrogen (secondary N) is 1. The highest BCUT2D eigenvalue weighted by molar-refractivity contribution is 4.85. The van der Waals surface area contributed by atoms with Crippen molar-refractivity contribution in [3.05, 3.63) is 0 Å². The zero-order chi connectivity index (χ0) is 9.10. The van der Waals surface area contributed by atoms with Crippen LogP contribution in [0.1, 0.15) is 25.7 Å². The molecule has 0 aromatic rings. The van der Waals surface area contributed by atoms with Crippen LogP contribution in [-0.4, -0.2) is 43.3 Å². The lowest BCUT2D eigenvalue weighted by molar-refractivity contribution is 0.0666. The first kappa shape index (κ1) is 9.41. The molecular formula is C10H19FN2. The molecule has 0 radical (unpaired) electrons. The molecule has 13 heavy (non-hydrogen) atoms. The van der Waals surface area contributed by atoms with Gasteiger partial charge in [0.1, 0.15) is 6.17 Å². The third kappa shape index (κ3) is 2.20. The van der Waals surface area contributed by atoms with Crippen molar-refractivity contribution in [2.24, 2.45) is 0 Å². The van der Waals surface area contributed by atoms with Crippen LogP contribution in [0.5, 0.6) is 0 Å². The monoisotopic (exact) mass is 186 g/mol. The average Bonchev–Trinajstić information content (AvgIpc) is 2.20. The molecule has 1 aliphatic heterocycles. The van der Waals surface area contributed by atoms with Gasteiger partial charge in [0.25, 0.3) is 0 Å². The molecule has 2 atom stereocenters. The summed E-state index contributed by atoms with van der Waals surface area (Å²) < 4.78 is 13.6. The van der Waals surface area contributed by atoms with E-state index in [4.69, 9.17) is 0 Å². The van der Waals surface area contributed by atoms with Gasteiger partial charge in [-0.3, -0.25) is 4.90 Å². The van der Waals surface area contributed by atoms with Crippen molar-refractivity contribution in [2.45, 2.75) is 37.9 Å². The summed E-state index contributed by atoms with van der Waals surface area (Å²) in [6.07, 6.45) is 3.60. The van der Waals surface area contributed by atoms with Crippen LogP contribution in [0.15, 0.2) is 0 Å². The van der Waals surface area contributed by atoms with E-state index in [1.807, 2.05) is 0 Å². The first-order valence-corrected chi connectivity index (χ1v) is 5.47. The SMILES string of the molecule is F[C@@H]1CCCC[C@H]1N1CCNCC1. The van der Waals surface area contributed by atoms with Crippen molar-refractivity contribution >= 4 is 0 Å². The molecule has 1 aliphatic carbocycles. The summed E-state index contributed by atoms with van der Waals surface area (Å²) in [5, 5.41) is 3.30. The highest BCUT2D eigenvalue weighted by atomic mass is 19.1. The van der Waals surface area contributed by atoms with Gasteiger partial charge in [-0.2, -0.15) is 0 Å². The van der Waals surface area contributed by atoms with Gasteiger partial charge in [-0.25, -0.2) is 4.39 Å². The van der Waals surface area contributed by atoms with E-state index in [1.54, 1.807) is 0 Å². The number of piperazine rings is 1. The smallest absolute Gasteiger partial charge is 0.116 e. The Balaban J connectivity index is 1.88. The molecule has 76 valence electrons. The molecule has 1 heterocycles. The lowest BCUT2D eigenvalue weighted by atomic mass is 9.92. The van der Waals surface area contributed by atoms with E-state index in [2.05, 4.69) is 10.2 Å². The van der Waals surface area contributed by atoms with Gasteiger partial charge in [0.15, 0.2) is 0 Å². The maximum absolute atomic E-state index is 13.6. The summed E-state index contributed by atoms with van der Waals surface area (Å²) in [7, 11) is 0. The van der Waals surface area contributed by atoms with Crippen LogP contribution in [0.2, 0.25) is 0 Å². The molecule has 0 aromatic heterocycles. The van der Waals surface area contributed by atoms with Crippen LogP contribution in [0, 0.1) is 0 Å². The number of hydrogen-bond acceptors (Lipinski definition) is 2. The molecular weight excluding hydrogens is 167 g/mol. The molecule has 0 bridgehead atoms. The summed E-state index contributed by atoms with van der Waals surface area (Å²) in [4.78, 5) is 2.33. The highest BCUT2D eigenvalue weighted by Crippen LogP contribution is 2.25. The van der Waals surface area contributed by atoms with E-state index in [0.29, 0.717) is 0 Å². The van der Waals surface area contributed by atoms with Crippen LogP contribution < -0.4 is 5.32 Å². The van der Waals surface area contributed by atoms with Gasteiger partial charge in [0.05, 0.1) is 0 Å². The van der Waals surface area contributed by atoms with Gasteiger partial charge in [-0.1, -0.05) is 12.8 Å². The summed E-state index contributed by atoms with van der Waals surface area (Å²) in [5.41, 5.74) is 0. The average molecular weight is 186 g/mol. The number of rotatable bonds is 1. The van der Waals surface area contributed by atoms with Gasteiger partial charge in [-0.15, -0.1) is 0 Å². The number of nitrogens with zero attached hydrogens (tertiary/aromatic N) is 1. The van der Waals surface area contributed by atoms with E-state index < -0.39 is 6.17 Å². The minimum Gasteiger partial charge on any atom is -0.314 e. The molecule has 3 heteroatoms. The molecule has 2 fully saturated rings. The lowest BCUT2D eigenvalue weighted by Gasteiger charge is -2.38. The minimum absolute atomic E-state index is 0.232. The van der Waals surface area contributed by atoms with Gasteiger partial charge >= 0.3 is 0 Å². The normalized spacial score (nSPS) is 37.6. The fraction of sp³-hybridized carbons (Fsp3) is 1.00. The second kappa shape index (κ2) is 4.38. The van der Waals surface area contributed by atoms with Crippen LogP contribution in [-0.2, 0) is 0 Å². The van der Waals surface area contributed by atoms with Crippen molar-refractivity contribution in [3.8, 4) is 0 Å². The van der Waals surface area contributed by atoms with Crippen molar-refractivity contribution < 1.29 is 4.39 Å². The first-order valence-electron chi connectivity index (χ1n) is 5.47. The Morgan fingerprint density at radius 1 is 1.08 bits per heavy atom. The summed E-state index contributed by atoms with van der Waals surface area (Å²) in [6.45, 7) is 4.13. The van der Waals surface area contributed by atoms with E-state index in [1.165, 1.54) is 6.42 Å². The van der Waals surface area contributed by atoms with Crippen LogP contribution in [0.25, 0.3) is 0 Å². The second-order valence-corrected chi connectivity index (χ2v) is 4.15. The highest BCUT2D eigenvalue weighted by Gasteiger charge is 2.30. The maximum atomic E-state index is 13.6. The Morgan fingerprint density at radius 3 is 2.46 bits per heavy atom. The van der Waals surface area contributed by atoms with E-state index in [0.717, 1.165) is 45.4 Å². The maximum Gasteiger partial charge on any atom is 0.116 e. The molecule has 0 amide bonds. The van der Waals surface area contributed by atoms with Crippen molar-refractivity contribution in [1.82, 2.24) is 10.2 Å². The van der Waals surface area contributed by atoms with Gasteiger partial charge in [0, 0.05) is 32.2 Å². The number of halogens is 1. The van der Waals surface area contributed by atoms with Crippen molar-refractivity contribution in [3.63, 3.8) is 0 Å². The molecule has 0 unspecified atom stereocenters. The molecule has 1 saturated carbocycles. The first-order chi connectivity index (χ1) is 6.38. The Kier molecular flexibility index (Phi) is 3.17. The number of hydrogen-bond donors (Lipinski definition) is 1. The predicted molar refractivity (Wildman–Crippen MR) is 51.6 cm³/mol. The predicted octanol–water partition coefficient (Wildman–Crippen LogP) is 1.17. The molecule has 0 aromatic carbocycles. The fourth-order valence-corrected chi connectivity index (χ4v) is 2.49. The fourth-order valence-electron chi connectivity index (χ4n) is 2.49. The van der Waals surface area contributed by atoms with Gasteiger partial charge in [-0.05, 0) is 12.8 Å². The standard InChI is InChI=1S/C10H19FN2/c11-9-3-1-2-4-10(9)13-7-5-12-6-8-13/h9-10,12H,1-8H2/t9-,10-/m1/s1. The topological polar surface area (TPSA) is 15.3 Å². The summed E-state index contributed by atoms with van der Waals surface area (Å²) >= 11 is 0. The summed E-state index contributed by atoms with van der Waals surface area (Å²) in [5.74, 6) is 0. The van der Waals surface area contributed by atoms with E-state index >= 15 is 0 Å². The quantitative estimate of drug-likeness (QED) is 0.661. The van der Waals surface area contributed by atoms with Crippen molar-refractivity contribution in [1.29, 1.82) is 0 Å². The minimum atomic E-state index is -0.563. The summed E-state index contributed by atoms with van der Waals surface area (Å²) in [6, 6.07) is 0.232. The third-order valence-corrected chi connectivity index (χ3v) is 3.27.